The van der Waals surface area contributed by atoms with E-state index < -0.39 is 6.61 Å². The van der Waals surface area contributed by atoms with Gasteiger partial charge in [0, 0.05) is 25.2 Å². The van der Waals surface area contributed by atoms with Gasteiger partial charge in [0.25, 0.3) is 5.91 Å². The summed E-state index contributed by atoms with van der Waals surface area (Å²) < 4.78 is 29.5. The third-order valence-electron chi connectivity index (χ3n) is 5.36. The van der Waals surface area contributed by atoms with E-state index in [9.17, 15) is 13.6 Å². The van der Waals surface area contributed by atoms with Gasteiger partial charge in [-0.05, 0) is 68.3 Å². The lowest BCUT2D eigenvalue weighted by atomic mass is 9.78. The summed E-state index contributed by atoms with van der Waals surface area (Å²) in [6, 6.07) is 3.29. The fourth-order valence-corrected chi connectivity index (χ4v) is 3.94. The van der Waals surface area contributed by atoms with Crippen molar-refractivity contribution >= 4 is 18.3 Å². The number of carbonyl (C=O) groups excluding carboxylic acids is 1. The molecule has 7 heteroatoms. The molecule has 0 radical (unpaired) electrons. The first-order valence-corrected chi connectivity index (χ1v) is 8.46. The van der Waals surface area contributed by atoms with Crippen molar-refractivity contribution in [2.24, 2.45) is 5.41 Å². The zero-order valence-electron chi connectivity index (χ0n) is 14.6. The van der Waals surface area contributed by atoms with E-state index in [-0.39, 0.29) is 24.1 Å². The van der Waals surface area contributed by atoms with Gasteiger partial charge in [0.1, 0.15) is 5.75 Å². The van der Waals surface area contributed by atoms with E-state index in [2.05, 4.69) is 10.1 Å². The Kier molecular flexibility index (Phi) is 6.27. The van der Waals surface area contributed by atoms with Gasteiger partial charge in [-0.1, -0.05) is 0 Å². The molecule has 2 aliphatic heterocycles. The standard InChI is InChI=1S/C18H24F2N2O2.ClH/c1-12-9-14(10-13(2)15(12)24-17(19)20)16(23)22-7-4-18(5-8-22)3-6-21-11-18;/h9-10,17,21H,3-8,11H2,1-2H3;1H. The molecule has 1 aromatic rings. The second-order valence-electron chi connectivity index (χ2n) is 7.04. The van der Waals surface area contributed by atoms with Crippen LogP contribution in [0.2, 0.25) is 0 Å². The van der Waals surface area contributed by atoms with E-state index in [1.807, 2.05) is 4.90 Å². The minimum Gasteiger partial charge on any atom is -0.434 e. The molecule has 3 rings (SSSR count). The molecule has 0 aliphatic carbocycles. The predicted molar refractivity (Wildman–Crippen MR) is 94.9 cm³/mol. The van der Waals surface area contributed by atoms with Crippen molar-refractivity contribution in [3.05, 3.63) is 28.8 Å². The first-order valence-electron chi connectivity index (χ1n) is 8.46. The van der Waals surface area contributed by atoms with Crippen LogP contribution in [0.1, 0.15) is 40.7 Å². The molecule has 1 spiro atoms. The van der Waals surface area contributed by atoms with Crippen molar-refractivity contribution in [1.29, 1.82) is 0 Å². The third-order valence-corrected chi connectivity index (χ3v) is 5.36. The number of hydrogen-bond donors (Lipinski definition) is 1. The van der Waals surface area contributed by atoms with Crippen LogP contribution in [0.25, 0.3) is 0 Å². The Labute approximate surface area is 153 Å². The van der Waals surface area contributed by atoms with E-state index in [4.69, 9.17) is 0 Å². The van der Waals surface area contributed by atoms with Crippen molar-refractivity contribution in [3.8, 4) is 5.75 Å². The summed E-state index contributed by atoms with van der Waals surface area (Å²) in [6.07, 6.45) is 3.24. The molecule has 0 aromatic heterocycles. The summed E-state index contributed by atoms with van der Waals surface area (Å²) in [5.41, 5.74) is 2.03. The van der Waals surface area contributed by atoms with E-state index in [0.29, 0.717) is 22.1 Å². The fraction of sp³-hybridized carbons (Fsp3) is 0.611. The van der Waals surface area contributed by atoms with Gasteiger partial charge in [-0.25, -0.2) is 0 Å². The van der Waals surface area contributed by atoms with Crippen LogP contribution in [0, 0.1) is 19.3 Å². The highest BCUT2D eigenvalue weighted by Gasteiger charge is 2.38. The lowest BCUT2D eigenvalue weighted by Crippen LogP contribution is -2.44. The summed E-state index contributed by atoms with van der Waals surface area (Å²) in [6.45, 7) is 4.16. The topological polar surface area (TPSA) is 41.6 Å². The maximum atomic E-state index is 12.8. The molecule has 2 saturated heterocycles. The molecule has 2 fully saturated rings. The SMILES string of the molecule is Cc1cc(C(=O)N2CCC3(CCNC3)CC2)cc(C)c1OC(F)F.Cl. The van der Waals surface area contributed by atoms with Gasteiger partial charge in [-0.15, -0.1) is 12.4 Å². The van der Waals surface area contributed by atoms with Crippen LogP contribution >= 0.6 is 12.4 Å². The predicted octanol–water partition coefficient (Wildman–Crippen LogP) is 3.54. The Hall–Kier alpha value is -1.40. The van der Waals surface area contributed by atoms with Crippen LogP contribution in [0.5, 0.6) is 5.75 Å². The molecule has 2 heterocycles. The van der Waals surface area contributed by atoms with Gasteiger partial charge in [-0.3, -0.25) is 4.79 Å². The quantitative estimate of drug-likeness (QED) is 0.879. The number of rotatable bonds is 3. The normalized spacial score (nSPS) is 19.2. The highest BCUT2D eigenvalue weighted by Crippen LogP contribution is 2.37. The van der Waals surface area contributed by atoms with Crippen molar-refractivity contribution in [2.75, 3.05) is 26.2 Å². The molecule has 0 atom stereocenters. The third kappa shape index (κ3) is 4.23. The minimum atomic E-state index is -2.86. The molecule has 4 nitrogen and oxygen atoms in total. The molecule has 0 bridgehead atoms. The Morgan fingerprint density at radius 1 is 1.20 bits per heavy atom. The fourth-order valence-electron chi connectivity index (χ4n) is 3.94. The van der Waals surface area contributed by atoms with Gasteiger partial charge in [0.2, 0.25) is 0 Å². The molecule has 1 N–H and O–H groups in total. The molecule has 1 aromatic carbocycles. The zero-order chi connectivity index (χ0) is 17.3. The summed E-state index contributed by atoms with van der Waals surface area (Å²) in [7, 11) is 0. The number of alkyl halides is 2. The van der Waals surface area contributed by atoms with Gasteiger partial charge in [0.15, 0.2) is 0 Å². The first-order chi connectivity index (χ1) is 11.4. The van der Waals surface area contributed by atoms with E-state index in [1.54, 1.807) is 26.0 Å². The number of nitrogens with one attached hydrogen (secondary N) is 1. The number of aryl methyl sites for hydroxylation is 2. The molecule has 2 aliphatic rings. The monoisotopic (exact) mass is 374 g/mol. The number of likely N-dealkylation sites (tertiary alicyclic amines) is 1. The van der Waals surface area contributed by atoms with Crippen LogP contribution in [-0.4, -0.2) is 43.6 Å². The smallest absolute Gasteiger partial charge is 0.387 e. The summed E-state index contributed by atoms with van der Waals surface area (Å²) >= 11 is 0. The molecule has 140 valence electrons. The zero-order valence-corrected chi connectivity index (χ0v) is 15.4. The average Bonchev–Trinajstić information content (AvgIpc) is 2.99. The largest absolute Gasteiger partial charge is 0.434 e. The first kappa shape index (κ1) is 19.9. The average molecular weight is 375 g/mol. The number of hydrogen-bond acceptors (Lipinski definition) is 3. The minimum absolute atomic E-state index is 0. The van der Waals surface area contributed by atoms with Gasteiger partial charge < -0.3 is 15.0 Å². The number of carbonyl (C=O) groups is 1. The van der Waals surface area contributed by atoms with E-state index in [0.717, 1.165) is 39.0 Å². The molecule has 0 unspecified atom stereocenters. The number of benzene rings is 1. The highest BCUT2D eigenvalue weighted by atomic mass is 35.5. The van der Waals surface area contributed by atoms with Crippen molar-refractivity contribution in [2.45, 2.75) is 39.7 Å². The summed E-state index contributed by atoms with van der Waals surface area (Å²) in [4.78, 5) is 14.6. The van der Waals surface area contributed by atoms with Crippen LogP contribution in [0.15, 0.2) is 12.1 Å². The van der Waals surface area contributed by atoms with Crippen LogP contribution in [-0.2, 0) is 0 Å². The van der Waals surface area contributed by atoms with Crippen molar-refractivity contribution in [1.82, 2.24) is 10.2 Å². The van der Waals surface area contributed by atoms with Gasteiger partial charge in [-0.2, -0.15) is 8.78 Å². The number of ether oxygens (including phenoxy) is 1. The molecule has 0 saturated carbocycles. The second kappa shape index (κ2) is 7.87. The maximum Gasteiger partial charge on any atom is 0.387 e. The van der Waals surface area contributed by atoms with Crippen LogP contribution < -0.4 is 10.1 Å². The molecular weight excluding hydrogens is 350 g/mol. The van der Waals surface area contributed by atoms with Crippen molar-refractivity contribution in [3.63, 3.8) is 0 Å². The molecule has 1 amide bonds. The molecule has 25 heavy (non-hydrogen) atoms. The Morgan fingerprint density at radius 3 is 2.28 bits per heavy atom. The van der Waals surface area contributed by atoms with E-state index >= 15 is 0 Å². The molecular formula is C18H25ClF2N2O2. The Bertz CT molecular complexity index is 600. The Balaban J connectivity index is 0.00000225. The van der Waals surface area contributed by atoms with Crippen LogP contribution in [0.3, 0.4) is 0 Å². The van der Waals surface area contributed by atoms with Gasteiger partial charge in [0.05, 0.1) is 0 Å². The van der Waals surface area contributed by atoms with E-state index in [1.165, 1.54) is 6.42 Å². The highest BCUT2D eigenvalue weighted by molar-refractivity contribution is 5.95. The number of piperidine rings is 1. The lowest BCUT2D eigenvalue weighted by molar-refractivity contribution is -0.0507. The number of nitrogens with zero attached hydrogens (tertiary/aromatic N) is 1. The van der Waals surface area contributed by atoms with Crippen LogP contribution in [0.4, 0.5) is 8.78 Å². The van der Waals surface area contributed by atoms with Gasteiger partial charge >= 0.3 is 6.61 Å². The van der Waals surface area contributed by atoms with Crippen molar-refractivity contribution < 1.29 is 18.3 Å². The summed E-state index contributed by atoms with van der Waals surface area (Å²) in [5, 5.41) is 3.42. The lowest BCUT2D eigenvalue weighted by Gasteiger charge is -2.39. The maximum absolute atomic E-state index is 12.8. The Morgan fingerprint density at radius 2 is 1.80 bits per heavy atom. The summed E-state index contributed by atoms with van der Waals surface area (Å²) in [5.74, 6) is 0.141. The number of halogens is 3. The second-order valence-corrected chi connectivity index (χ2v) is 7.04. The number of amides is 1.